The van der Waals surface area contributed by atoms with Crippen LogP contribution in [0, 0.1) is 6.92 Å². The van der Waals surface area contributed by atoms with Crippen molar-refractivity contribution in [1.82, 2.24) is 15.1 Å². The van der Waals surface area contributed by atoms with Crippen LogP contribution in [0.5, 0.6) is 0 Å². The summed E-state index contributed by atoms with van der Waals surface area (Å²) < 4.78 is 3.01. The number of nitrogens with zero attached hydrogens (tertiary/aromatic N) is 2. The molecule has 1 atom stereocenters. The normalized spacial score (nSPS) is 12.8. The van der Waals surface area contributed by atoms with E-state index in [2.05, 4.69) is 39.8 Å². The summed E-state index contributed by atoms with van der Waals surface area (Å²) in [6.07, 6.45) is 2.91. The summed E-state index contributed by atoms with van der Waals surface area (Å²) in [5.41, 5.74) is 2.22. The number of rotatable bonds is 5. The molecule has 0 radical (unpaired) electrons. The van der Waals surface area contributed by atoms with Crippen molar-refractivity contribution in [3.05, 3.63) is 28.5 Å². The van der Waals surface area contributed by atoms with Gasteiger partial charge in [0.1, 0.15) is 0 Å². The van der Waals surface area contributed by atoms with E-state index in [1.54, 1.807) is 0 Å². The van der Waals surface area contributed by atoms with Gasteiger partial charge < -0.3 is 5.32 Å². The summed E-state index contributed by atoms with van der Waals surface area (Å²) >= 11 is 3.55. The monoisotopic (exact) mass is 271 g/mol. The fourth-order valence-corrected chi connectivity index (χ4v) is 1.95. The van der Waals surface area contributed by atoms with Crippen molar-refractivity contribution in [2.75, 3.05) is 0 Å². The average molecular weight is 272 g/mol. The molecule has 3 nitrogen and oxygen atoms in total. The van der Waals surface area contributed by atoms with E-state index >= 15 is 0 Å². The van der Waals surface area contributed by atoms with Crippen molar-refractivity contribution in [3.8, 4) is 0 Å². The maximum Gasteiger partial charge on any atom is 0.0739 e. The van der Waals surface area contributed by atoms with Crippen molar-refractivity contribution >= 4 is 15.9 Å². The number of halogens is 1. The first-order valence-corrected chi connectivity index (χ1v) is 5.87. The third-order valence-electron chi connectivity index (χ3n) is 2.40. The Kier molecular flexibility index (Phi) is 4.54. The average Bonchev–Trinajstić information content (AvgIpc) is 2.40. The molecule has 0 saturated heterocycles. The zero-order valence-electron chi connectivity index (χ0n) is 9.55. The van der Waals surface area contributed by atoms with Crippen LogP contribution in [0.4, 0.5) is 0 Å². The summed E-state index contributed by atoms with van der Waals surface area (Å²) in [5, 5.41) is 7.78. The topological polar surface area (TPSA) is 29.9 Å². The summed E-state index contributed by atoms with van der Waals surface area (Å²) in [7, 11) is 1.97. The lowest BCUT2D eigenvalue weighted by Crippen LogP contribution is -2.26. The van der Waals surface area contributed by atoms with E-state index in [0.717, 1.165) is 23.1 Å². The zero-order valence-corrected chi connectivity index (χ0v) is 11.1. The van der Waals surface area contributed by atoms with Crippen LogP contribution in [-0.4, -0.2) is 15.8 Å². The zero-order chi connectivity index (χ0) is 11.4. The molecule has 1 unspecified atom stereocenters. The van der Waals surface area contributed by atoms with Crippen molar-refractivity contribution in [2.45, 2.75) is 32.9 Å². The highest BCUT2D eigenvalue weighted by molar-refractivity contribution is 9.10. The van der Waals surface area contributed by atoms with Crippen molar-refractivity contribution in [1.29, 1.82) is 0 Å². The largest absolute Gasteiger partial charge is 0.308 e. The van der Waals surface area contributed by atoms with Crippen molar-refractivity contribution in [3.63, 3.8) is 0 Å². The molecule has 4 heteroatoms. The van der Waals surface area contributed by atoms with Gasteiger partial charge in [-0.05, 0) is 36.2 Å². The van der Waals surface area contributed by atoms with Gasteiger partial charge in [-0.3, -0.25) is 4.68 Å². The molecule has 0 aromatic carbocycles. The molecule has 1 aromatic heterocycles. The second-order valence-corrected chi connectivity index (χ2v) is 4.57. The van der Waals surface area contributed by atoms with Gasteiger partial charge in [-0.15, -0.1) is 6.58 Å². The van der Waals surface area contributed by atoms with Crippen LogP contribution in [0.25, 0.3) is 0 Å². The Morgan fingerprint density at radius 2 is 2.33 bits per heavy atom. The van der Waals surface area contributed by atoms with Crippen molar-refractivity contribution < 1.29 is 0 Å². The minimum Gasteiger partial charge on any atom is -0.308 e. The Labute approximate surface area is 99.7 Å². The molecule has 0 saturated carbocycles. The lowest BCUT2D eigenvalue weighted by Gasteiger charge is -2.11. The van der Waals surface area contributed by atoms with Gasteiger partial charge in [0, 0.05) is 19.6 Å². The second-order valence-electron chi connectivity index (χ2n) is 3.78. The van der Waals surface area contributed by atoms with Crippen LogP contribution in [-0.2, 0) is 13.6 Å². The van der Waals surface area contributed by atoms with Gasteiger partial charge in [0.2, 0.25) is 0 Å². The lowest BCUT2D eigenvalue weighted by molar-refractivity contribution is 0.531. The van der Waals surface area contributed by atoms with Crippen molar-refractivity contribution in [2.24, 2.45) is 7.05 Å². The highest BCUT2D eigenvalue weighted by atomic mass is 79.9. The molecule has 0 aliphatic rings. The molecule has 1 heterocycles. The minimum atomic E-state index is 0.449. The highest BCUT2D eigenvalue weighted by Crippen LogP contribution is 2.19. The molecule has 1 aromatic rings. The predicted molar refractivity (Wildman–Crippen MR) is 66.8 cm³/mol. The first-order chi connectivity index (χ1) is 7.06. The van der Waals surface area contributed by atoms with Crippen LogP contribution < -0.4 is 5.32 Å². The molecule has 0 fully saturated rings. The molecular weight excluding hydrogens is 254 g/mol. The maximum absolute atomic E-state index is 4.34. The van der Waals surface area contributed by atoms with Gasteiger partial charge >= 0.3 is 0 Å². The van der Waals surface area contributed by atoms with Crippen LogP contribution in [0.3, 0.4) is 0 Å². The second kappa shape index (κ2) is 5.47. The maximum atomic E-state index is 4.34. The summed E-state index contributed by atoms with van der Waals surface area (Å²) in [5.74, 6) is 0. The smallest absolute Gasteiger partial charge is 0.0739 e. The van der Waals surface area contributed by atoms with Gasteiger partial charge in [-0.2, -0.15) is 5.10 Å². The molecule has 0 spiro atoms. The van der Waals surface area contributed by atoms with Gasteiger partial charge in [0.25, 0.3) is 0 Å². The number of nitrogens with one attached hydrogen (secondary N) is 1. The Bertz CT molecular complexity index is 344. The Morgan fingerprint density at radius 1 is 1.67 bits per heavy atom. The first-order valence-electron chi connectivity index (χ1n) is 5.08. The molecule has 0 aliphatic carbocycles. The number of aryl methyl sites for hydroxylation is 2. The van der Waals surface area contributed by atoms with E-state index in [-0.39, 0.29) is 0 Å². The van der Waals surface area contributed by atoms with E-state index in [1.165, 1.54) is 5.69 Å². The van der Waals surface area contributed by atoms with Gasteiger partial charge in [0.05, 0.1) is 15.9 Å². The molecule has 1 N–H and O–H groups in total. The third-order valence-corrected chi connectivity index (χ3v) is 3.43. The SMILES string of the molecule is C=CCC(C)NCc1c(Br)c(C)nn1C. The Morgan fingerprint density at radius 3 is 2.80 bits per heavy atom. The fourth-order valence-electron chi connectivity index (χ4n) is 1.48. The summed E-state index contributed by atoms with van der Waals surface area (Å²) in [6.45, 7) is 8.71. The molecule has 1 rings (SSSR count). The van der Waals surface area contributed by atoms with E-state index in [4.69, 9.17) is 0 Å². The summed E-state index contributed by atoms with van der Waals surface area (Å²) in [6, 6.07) is 0.449. The predicted octanol–water partition coefficient (Wildman–Crippen LogP) is 2.55. The number of hydrogen-bond acceptors (Lipinski definition) is 2. The molecule has 0 bridgehead atoms. The van der Waals surface area contributed by atoms with Gasteiger partial charge in [-0.25, -0.2) is 0 Å². The molecule has 15 heavy (non-hydrogen) atoms. The van der Waals surface area contributed by atoms with Crippen LogP contribution in [0.2, 0.25) is 0 Å². The molecular formula is C11H18BrN3. The number of aromatic nitrogens is 2. The van der Waals surface area contributed by atoms with E-state index in [0.29, 0.717) is 6.04 Å². The van der Waals surface area contributed by atoms with E-state index in [9.17, 15) is 0 Å². The standard InChI is InChI=1S/C11H18BrN3/c1-5-6-8(2)13-7-10-11(12)9(3)14-15(10)4/h5,8,13H,1,6-7H2,2-4H3. The number of hydrogen-bond donors (Lipinski definition) is 1. The van der Waals surface area contributed by atoms with E-state index < -0.39 is 0 Å². The van der Waals surface area contributed by atoms with Gasteiger partial charge in [0.15, 0.2) is 0 Å². The van der Waals surface area contributed by atoms with Crippen LogP contribution in [0.1, 0.15) is 24.7 Å². The summed E-state index contributed by atoms with van der Waals surface area (Å²) in [4.78, 5) is 0. The quantitative estimate of drug-likeness (QED) is 0.835. The van der Waals surface area contributed by atoms with Gasteiger partial charge in [-0.1, -0.05) is 6.08 Å². The lowest BCUT2D eigenvalue weighted by atomic mass is 10.2. The third kappa shape index (κ3) is 3.18. The van der Waals surface area contributed by atoms with E-state index in [1.807, 2.05) is 24.7 Å². The fraction of sp³-hybridized carbons (Fsp3) is 0.545. The Balaban J connectivity index is 2.61. The molecule has 84 valence electrons. The van der Waals surface area contributed by atoms with Crippen LogP contribution >= 0.6 is 15.9 Å². The Hall–Kier alpha value is -0.610. The first kappa shape index (κ1) is 12.5. The highest BCUT2D eigenvalue weighted by Gasteiger charge is 2.10. The molecule has 0 amide bonds. The minimum absolute atomic E-state index is 0.449. The van der Waals surface area contributed by atoms with Crippen LogP contribution in [0.15, 0.2) is 17.1 Å². The molecule has 0 aliphatic heterocycles.